The van der Waals surface area contributed by atoms with Crippen LogP contribution in [-0.4, -0.2) is 43.6 Å². The summed E-state index contributed by atoms with van der Waals surface area (Å²) in [6.45, 7) is 1.77. The number of nitrogens with one attached hydrogen (secondary N) is 3. The quantitative estimate of drug-likeness (QED) is 0.480. The monoisotopic (exact) mass is 362 g/mol. The summed E-state index contributed by atoms with van der Waals surface area (Å²) in [5.74, 6) is 1.26. The molecule has 0 aliphatic carbocycles. The van der Waals surface area contributed by atoms with E-state index in [2.05, 4.69) is 20.7 Å². The molecule has 1 amide bonds. The minimum Gasteiger partial charge on any atom is -0.496 e. The van der Waals surface area contributed by atoms with Crippen LogP contribution in [0.4, 0.5) is 0 Å². The van der Waals surface area contributed by atoms with Gasteiger partial charge in [0.2, 0.25) is 5.91 Å². The van der Waals surface area contributed by atoms with Gasteiger partial charge in [0.1, 0.15) is 5.75 Å². The fraction of sp³-hybridized carbons (Fsp3) is 0.353. The third kappa shape index (κ3) is 4.44. The highest BCUT2D eigenvalue weighted by atomic mass is 16.5. The Morgan fingerprint density at radius 3 is 2.35 bits per heavy atom. The first-order valence-electron chi connectivity index (χ1n) is 7.88. The van der Waals surface area contributed by atoms with Crippen LogP contribution in [0.15, 0.2) is 22.0 Å². The highest BCUT2D eigenvalue weighted by Crippen LogP contribution is 2.33. The van der Waals surface area contributed by atoms with Crippen molar-refractivity contribution in [3.63, 3.8) is 0 Å². The minimum absolute atomic E-state index is 0.141. The van der Waals surface area contributed by atoms with E-state index in [1.54, 1.807) is 19.1 Å². The predicted molar refractivity (Wildman–Crippen MR) is 96.3 cm³/mol. The van der Waals surface area contributed by atoms with Crippen LogP contribution in [0.25, 0.3) is 0 Å². The molecule has 9 heteroatoms. The van der Waals surface area contributed by atoms with Gasteiger partial charge in [-0.2, -0.15) is 5.10 Å². The fourth-order valence-electron chi connectivity index (χ4n) is 2.39. The molecule has 0 atom stereocenters. The zero-order chi connectivity index (χ0) is 19.1. The molecule has 9 nitrogen and oxygen atoms in total. The van der Waals surface area contributed by atoms with Gasteiger partial charge in [0.15, 0.2) is 11.5 Å². The van der Waals surface area contributed by atoms with Crippen molar-refractivity contribution in [1.29, 1.82) is 0 Å². The number of hydrogen-bond acceptors (Lipinski definition) is 6. The zero-order valence-electron chi connectivity index (χ0n) is 15.1. The van der Waals surface area contributed by atoms with E-state index in [1.807, 2.05) is 0 Å². The number of ether oxygens (including phenoxy) is 3. The summed E-state index contributed by atoms with van der Waals surface area (Å²) in [5.41, 5.74) is 4.11. The molecule has 26 heavy (non-hydrogen) atoms. The van der Waals surface area contributed by atoms with Gasteiger partial charge in [-0.1, -0.05) is 0 Å². The van der Waals surface area contributed by atoms with Crippen LogP contribution < -0.4 is 25.2 Å². The van der Waals surface area contributed by atoms with Crippen LogP contribution in [0.2, 0.25) is 0 Å². The molecule has 0 bridgehead atoms. The molecule has 0 spiro atoms. The number of benzene rings is 1. The topological polar surface area (TPSA) is 118 Å². The van der Waals surface area contributed by atoms with Crippen molar-refractivity contribution in [2.75, 3.05) is 21.3 Å². The van der Waals surface area contributed by atoms with Gasteiger partial charge in [0.05, 0.1) is 27.5 Å². The SMILES string of the molecule is COc1cc(OC)c(OC)cc1/C=N\NC(=O)CCc1c(C)[nH][nH]c1=O. The van der Waals surface area contributed by atoms with Crippen LogP contribution in [0, 0.1) is 6.92 Å². The molecule has 2 rings (SSSR count). The Balaban J connectivity index is 2.01. The number of aromatic amines is 2. The highest BCUT2D eigenvalue weighted by molar-refractivity contribution is 5.86. The Morgan fingerprint density at radius 2 is 1.77 bits per heavy atom. The first-order valence-corrected chi connectivity index (χ1v) is 7.88. The molecule has 1 aromatic carbocycles. The molecule has 1 aromatic heterocycles. The highest BCUT2D eigenvalue weighted by Gasteiger charge is 2.11. The number of hydrogen-bond donors (Lipinski definition) is 3. The number of carbonyl (C=O) groups excluding carboxylic acids is 1. The number of carbonyl (C=O) groups is 1. The third-order valence-electron chi connectivity index (χ3n) is 3.82. The Labute approximate surface area is 150 Å². The van der Waals surface area contributed by atoms with Gasteiger partial charge in [-0.3, -0.25) is 14.7 Å². The van der Waals surface area contributed by atoms with E-state index < -0.39 is 0 Å². The number of aryl methyl sites for hydroxylation is 1. The molecule has 0 radical (unpaired) electrons. The normalized spacial score (nSPS) is 10.8. The lowest BCUT2D eigenvalue weighted by atomic mass is 10.1. The van der Waals surface area contributed by atoms with Crippen LogP contribution in [0.5, 0.6) is 17.2 Å². The number of amides is 1. The van der Waals surface area contributed by atoms with E-state index in [9.17, 15) is 9.59 Å². The van der Waals surface area contributed by atoms with Gasteiger partial charge >= 0.3 is 0 Å². The first-order chi connectivity index (χ1) is 12.5. The van der Waals surface area contributed by atoms with Crippen LogP contribution >= 0.6 is 0 Å². The van der Waals surface area contributed by atoms with Crippen molar-refractivity contribution in [1.82, 2.24) is 15.6 Å². The fourth-order valence-corrected chi connectivity index (χ4v) is 2.39. The van der Waals surface area contributed by atoms with E-state index in [4.69, 9.17) is 14.2 Å². The average Bonchev–Trinajstić information content (AvgIpc) is 2.97. The summed E-state index contributed by atoms with van der Waals surface area (Å²) in [7, 11) is 4.58. The van der Waals surface area contributed by atoms with Crippen LogP contribution in [0.1, 0.15) is 23.2 Å². The zero-order valence-corrected chi connectivity index (χ0v) is 15.1. The molecule has 0 aliphatic rings. The van der Waals surface area contributed by atoms with E-state index in [-0.39, 0.29) is 17.9 Å². The largest absolute Gasteiger partial charge is 0.496 e. The summed E-state index contributed by atoms with van der Waals surface area (Å²) >= 11 is 0. The van der Waals surface area contributed by atoms with E-state index >= 15 is 0 Å². The lowest BCUT2D eigenvalue weighted by Crippen LogP contribution is -2.19. The Hall–Kier alpha value is -3.23. The molecule has 0 saturated carbocycles. The van der Waals surface area contributed by atoms with Crippen molar-refractivity contribution in [3.05, 3.63) is 39.3 Å². The van der Waals surface area contributed by atoms with Crippen molar-refractivity contribution in [2.45, 2.75) is 19.8 Å². The van der Waals surface area contributed by atoms with Crippen molar-refractivity contribution >= 4 is 12.1 Å². The first kappa shape index (κ1) is 19.1. The summed E-state index contributed by atoms with van der Waals surface area (Å²) in [6, 6.07) is 3.36. The number of aromatic nitrogens is 2. The van der Waals surface area contributed by atoms with Crippen molar-refractivity contribution in [3.8, 4) is 17.2 Å². The maximum Gasteiger partial charge on any atom is 0.267 e. The predicted octanol–water partition coefficient (Wildman–Crippen LogP) is 1.12. The molecule has 0 unspecified atom stereocenters. The van der Waals surface area contributed by atoms with E-state index in [1.165, 1.54) is 27.5 Å². The molecule has 3 N–H and O–H groups in total. The molecule has 0 fully saturated rings. The summed E-state index contributed by atoms with van der Waals surface area (Å²) < 4.78 is 15.7. The summed E-state index contributed by atoms with van der Waals surface area (Å²) in [5, 5.41) is 9.13. The van der Waals surface area contributed by atoms with Gasteiger partial charge < -0.3 is 19.3 Å². The molecular formula is C17H22N4O5. The number of hydrazone groups is 1. The second-order valence-electron chi connectivity index (χ2n) is 5.42. The van der Waals surface area contributed by atoms with Gasteiger partial charge in [-0.15, -0.1) is 0 Å². The van der Waals surface area contributed by atoms with Crippen LogP contribution in [0.3, 0.4) is 0 Å². The van der Waals surface area contributed by atoms with E-state index in [0.29, 0.717) is 34.8 Å². The number of rotatable bonds is 8. The van der Waals surface area contributed by atoms with Gasteiger partial charge in [-0.25, -0.2) is 5.43 Å². The van der Waals surface area contributed by atoms with Crippen LogP contribution in [-0.2, 0) is 11.2 Å². The molecule has 0 aliphatic heterocycles. The lowest BCUT2D eigenvalue weighted by Gasteiger charge is -2.11. The maximum atomic E-state index is 11.9. The molecule has 140 valence electrons. The van der Waals surface area contributed by atoms with Gasteiger partial charge in [0.25, 0.3) is 5.56 Å². The van der Waals surface area contributed by atoms with Crippen molar-refractivity contribution in [2.24, 2.45) is 5.10 Å². The smallest absolute Gasteiger partial charge is 0.267 e. The van der Waals surface area contributed by atoms with Crippen molar-refractivity contribution < 1.29 is 19.0 Å². The molecule has 0 saturated heterocycles. The molecule has 1 heterocycles. The number of methoxy groups -OCH3 is 3. The number of H-pyrrole nitrogens is 2. The summed E-state index contributed by atoms with van der Waals surface area (Å²) in [6.07, 6.45) is 1.92. The van der Waals surface area contributed by atoms with Gasteiger partial charge in [-0.05, 0) is 19.4 Å². The summed E-state index contributed by atoms with van der Waals surface area (Å²) in [4.78, 5) is 23.5. The van der Waals surface area contributed by atoms with E-state index in [0.717, 1.165) is 5.69 Å². The third-order valence-corrected chi connectivity index (χ3v) is 3.82. The standard InChI is InChI=1S/C17H22N4O5/c1-10-12(17(23)21-19-10)5-6-16(22)20-18-9-11-7-14(25-3)15(26-4)8-13(11)24-2/h7-9H,5-6H2,1-4H3,(H,20,22)(H2,19,21,23)/b18-9-. The second-order valence-corrected chi connectivity index (χ2v) is 5.42. The average molecular weight is 362 g/mol. The Morgan fingerprint density at radius 1 is 1.12 bits per heavy atom. The Bertz CT molecular complexity index is 853. The minimum atomic E-state index is -0.305. The molecular weight excluding hydrogens is 340 g/mol. The lowest BCUT2D eigenvalue weighted by molar-refractivity contribution is -0.121. The maximum absolute atomic E-state index is 11.9. The molecule has 2 aromatic rings. The second kappa shape index (κ2) is 8.75. The Kier molecular flexibility index (Phi) is 6.42. The number of nitrogens with zero attached hydrogens (tertiary/aromatic N) is 1. The van der Waals surface area contributed by atoms with Gasteiger partial charge in [0, 0.05) is 29.3 Å².